The number of halogens is 2. The highest BCUT2D eigenvalue weighted by molar-refractivity contribution is 5.89. The second-order valence-electron chi connectivity index (χ2n) is 4.53. The minimum Gasteiger partial charge on any atom is -0.462 e. The average Bonchev–Trinajstić information content (AvgIpc) is 2.37. The molecule has 0 spiro atoms. The maximum Gasteiger partial charge on any atom is 0.341 e. The fraction of sp³-hybridized carbons (Fsp3) is 0.533. The van der Waals surface area contributed by atoms with Crippen molar-refractivity contribution in [1.82, 2.24) is 0 Å². The van der Waals surface area contributed by atoms with Crippen molar-refractivity contribution >= 4 is 5.97 Å². The Hall–Kier alpha value is -1.45. The van der Waals surface area contributed by atoms with Crippen LogP contribution in [0.25, 0.3) is 0 Å². The molecule has 1 aromatic carbocycles. The first kappa shape index (κ1) is 15.6. The van der Waals surface area contributed by atoms with Crippen molar-refractivity contribution in [2.75, 3.05) is 6.61 Å². The predicted molar refractivity (Wildman–Crippen MR) is 70.0 cm³/mol. The van der Waals surface area contributed by atoms with Gasteiger partial charge in [0.2, 0.25) is 0 Å². The van der Waals surface area contributed by atoms with Crippen LogP contribution in [0.3, 0.4) is 0 Å². The summed E-state index contributed by atoms with van der Waals surface area (Å²) in [6.07, 6.45) is 6.50. The van der Waals surface area contributed by atoms with Crippen molar-refractivity contribution in [1.29, 1.82) is 0 Å². The van der Waals surface area contributed by atoms with E-state index in [9.17, 15) is 13.6 Å². The van der Waals surface area contributed by atoms with Gasteiger partial charge in [-0.05, 0) is 18.6 Å². The molecule has 4 heteroatoms. The van der Waals surface area contributed by atoms with E-state index < -0.39 is 17.6 Å². The Kier molecular flexibility index (Phi) is 7.08. The summed E-state index contributed by atoms with van der Waals surface area (Å²) in [4.78, 5) is 11.5. The summed E-state index contributed by atoms with van der Waals surface area (Å²) < 4.78 is 30.9. The van der Waals surface area contributed by atoms with Crippen LogP contribution < -0.4 is 0 Å². The van der Waals surface area contributed by atoms with E-state index in [1.165, 1.54) is 19.3 Å². The van der Waals surface area contributed by atoms with Gasteiger partial charge in [0.05, 0.1) is 12.2 Å². The third-order valence-electron chi connectivity index (χ3n) is 2.88. The molecular formula is C15H20F2O2. The Morgan fingerprint density at radius 3 is 2.47 bits per heavy atom. The molecule has 0 aliphatic carbocycles. The molecule has 0 heterocycles. The SMILES string of the molecule is CCCCCCCCOC(=O)c1ccc(F)cc1F. The van der Waals surface area contributed by atoms with E-state index in [1.807, 2.05) is 0 Å². The molecule has 0 saturated carbocycles. The van der Waals surface area contributed by atoms with Gasteiger partial charge in [0, 0.05) is 6.07 Å². The lowest BCUT2D eigenvalue weighted by Gasteiger charge is -2.05. The molecule has 0 atom stereocenters. The summed E-state index contributed by atoms with van der Waals surface area (Å²) in [5.41, 5.74) is -0.215. The molecular weight excluding hydrogens is 250 g/mol. The largest absolute Gasteiger partial charge is 0.462 e. The molecule has 0 aliphatic rings. The van der Waals surface area contributed by atoms with Crippen LogP contribution in [0.4, 0.5) is 8.78 Å². The lowest BCUT2D eigenvalue weighted by atomic mass is 10.1. The van der Waals surface area contributed by atoms with E-state index in [-0.39, 0.29) is 12.2 Å². The fourth-order valence-electron chi connectivity index (χ4n) is 1.78. The maximum absolute atomic E-state index is 13.3. The fourth-order valence-corrected chi connectivity index (χ4v) is 1.78. The van der Waals surface area contributed by atoms with Crippen LogP contribution in [0.2, 0.25) is 0 Å². The van der Waals surface area contributed by atoms with E-state index in [2.05, 4.69) is 6.92 Å². The Bertz CT molecular complexity index is 405. The highest BCUT2D eigenvalue weighted by Gasteiger charge is 2.13. The first-order valence-corrected chi connectivity index (χ1v) is 6.77. The van der Waals surface area contributed by atoms with Crippen LogP contribution >= 0.6 is 0 Å². The number of hydrogen-bond acceptors (Lipinski definition) is 2. The van der Waals surface area contributed by atoms with Crippen LogP contribution in [0.5, 0.6) is 0 Å². The number of carbonyl (C=O) groups is 1. The van der Waals surface area contributed by atoms with Crippen LogP contribution in [0.15, 0.2) is 18.2 Å². The quantitative estimate of drug-likeness (QED) is 0.514. The highest BCUT2D eigenvalue weighted by Crippen LogP contribution is 2.11. The van der Waals surface area contributed by atoms with Gasteiger partial charge >= 0.3 is 5.97 Å². The van der Waals surface area contributed by atoms with E-state index >= 15 is 0 Å². The van der Waals surface area contributed by atoms with Gasteiger partial charge in [-0.15, -0.1) is 0 Å². The summed E-state index contributed by atoms with van der Waals surface area (Å²) in [5, 5.41) is 0. The van der Waals surface area contributed by atoms with Gasteiger partial charge in [-0.1, -0.05) is 39.0 Å². The van der Waals surface area contributed by atoms with Crippen molar-refractivity contribution in [2.45, 2.75) is 45.4 Å². The number of benzene rings is 1. The molecule has 1 rings (SSSR count). The van der Waals surface area contributed by atoms with Gasteiger partial charge in [-0.25, -0.2) is 13.6 Å². The number of rotatable bonds is 8. The van der Waals surface area contributed by atoms with Gasteiger partial charge in [0.15, 0.2) is 0 Å². The zero-order valence-corrected chi connectivity index (χ0v) is 11.3. The summed E-state index contributed by atoms with van der Waals surface area (Å²) in [6, 6.07) is 2.83. The monoisotopic (exact) mass is 270 g/mol. The molecule has 0 N–H and O–H groups in total. The zero-order valence-electron chi connectivity index (χ0n) is 11.3. The van der Waals surface area contributed by atoms with E-state index in [1.54, 1.807) is 0 Å². The molecule has 0 radical (unpaired) electrons. The molecule has 19 heavy (non-hydrogen) atoms. The van der Waals surface area contributed by atoms with Crippen LogP contribution in [0, 0.1) is 11.6 Å². The minimum atomic E-state index is -0.882. The lowest BCUT2D eigenvalue weighted by Crippen LogP contribution is -2.08. The number of hydrogen-bond donors (Lipinski definition) is 0. The van der Waals surface area contributed by atoms with Crippen molar-refractivity contribution in [3.8, 4) is 0 Å². The number of ether oxygens (including phenoxy) is 1. The van der Waals surface area contributed by atoms with Gasteiger partial charge < -0.3 is 4.74 Å². The second-order valence-corrected chi connectivity index (χ2v) is 4.53. The average molecular weight is 270 g/mol. The predicted octanol–water partition coefficient (Wildman–Crippen LogP) is 4.48. The highest BCUT2D eigenvalue weighted by atomic mass is 19.1. The van der Waals surface area contributed by atoms with E-state index in [0.717, 1.165) is 31.4 Å². The Morgan fingerprint density at radius 1 is 1.11 bits per heavy atom. The Balaban J connectivity index is 2.24. The maximum atomic E-state index is 13.3. The second kappa shape index (κ2) is 8.62. The van der Waals surface area contributed by atoms with Crippen LogP contribution in [-0.2, 0) is 4.74 Å². The third-order valence-corrected chi connectivity index (χ3v) is 2.88. The van der Waals surface area contributed by atoms with Crippen molar-refractivity contribution in [3.63, 3.8) is 0 Å². The Morgan fingerprint density at radius 2 is 1.79 bits per heavy atom. The number of carbonyl (C=O) groups excluding carboxylic acids is 1. The first-order valence-electron chi connectivity index (χ1n) is 6.77. The van der Waals surface area contributed by atoms with Crippen molar-refractivity contribution < 1.29 is 18.3 Å². The van der Waals surface area contributed by atoms with Crippen LogP contribution in [0.1, 0.15) is 55.8 Å². The van der Waals surface area contributed by atoms with E-state index in [4.69, 9.17) is 4.74 Å². The standard InChI is InChI=1S/C15H20F2O2/c1-2-3-4-5-6-7-10-19-15(18)13-9-8-12(16)11-14(13)17/h8-9,11H,2-7,10H2,1H3. The Labute approximate surface area is 112 Å². The molecule has 0 saturated heterocycles. The number of unbranched alkanes of at least 4 members (excludes halogenated alkanes) is 5. The molecule has 0 fully saturated rings. The smallest absolute Gasteiger partial charge is 0.341 e. The molecule has 1 aromatic rings. The molecule has 106 valence electrons. The first-order chi connectivity index (χ1) is 9.15. The van der Waals surface area contributed by atoms with Crippen molar-refractivity contribution in [3.05, 3.63) is 35.4 Å². The van der Waals surface area contributed by atoms with Gasteiger partial charge in [0.25, 0.3) is 0 Å². The molecule has 0 unspecified atom stereocenters. The summed E-state index contributed by atoms with van der Waals surface area (Å²) >= 11 is 0. The number of esters is 1. The minimum absolute atomic E-state index is 0.215. The van der Waals surface area contributed by atoms with Gasteiger partial charge in [-0.3, -0.25) is 0 Å². The van der Waals surface area contributed by atoms with E-state index in [0.29, 0.717) is 6.07 Å². The van der Waals surface area contributed by atoms with Crippen molar-refractivity contribution in [2.24, 2.45) is 0 Å². The molecule has 2 nitrogen and oxygen atoms in total. The lowest BCUT2D eigenvalue weighted by molar-refractivity contribution is 0.0492. The molecule has 0 amide bonds. The summed E-state index contributed by atoms with van der Waals surface area (Å²) in [7, 11) is 0. The third kappa shape index (κ3) is 5.81. The topological polar surface area (TPSA) is 26.3 Å². The van der Waals surface area contributed by atoms with Gasteiger partial charge in [-0.2, -0.15) is 0 Å². The molecule has 0 aliphatic heterocycles. The summed E-state index contributed by atoms with van der Waals surface area (Å²) in [5.74, 6) is -2.32. The molecule has 0 aromatic heterocycles. The normalized spacial score (nSPS) is 10.5. The van der Waals surface area contributed by atoms with Crippen LogP contribution in [-0.4, -0.2) is 12.6 Å². The summed E-state index contributed by atoms with van der Waals surface area (Å²) in [6.45, 7) is 2.43. The van der Waals surface area contributed by atoms with Gasteiger partial charge in [0.1, 0.15) is 11.6 Å². The zero-order chi connectivity index (χ0) is 14.1. The molecule has 0 bridgehead atoms.